The van der Waals surface area contributed by atoms with Gasteiger partial charge in [0.15, 0.2) is 5.69 Å². The largest absolute Gasteiger partial charge is 0.529 e. The van der Waals surface area contributed by atoms with Crippen molar-refractivity contribution in [1.82, 2.24) is 9.55 Å². The lowest BCUT2D eigenvalue weighted by Gasteiger charge is -2.22. The number of pyridine rings is 1. The molecule has 0 bridgehead atoms. The Morgan fingerprint density at radius 2 is 2.11 bits per heavy atom. The molecule has 0 radical (unpaired) electrons. The zero-order valence-electron chi connectivity index (χ0n) is 10.7. The second-order valence-electron chi connectivity index (χ2n) is 5.22. The predicted molar refractivity (Wildman–Crippen MR) is 69.0 cm³/mol. The minimum atomic E-state index is -1.39. The van der Waals surface area contributed by atoms with Gasteiger partial charge in [-0.25, -0.2) is 4.98 Å². The first kappa shape index (κ1) is 13.4. The average Bonchev–Trinajstić information content (AvgIpc) is 2.66. The minimum absolute atomic E-state index is 0.0257. The number of hydrogen-bond donors (Lipinski definition) is 0. The summed E-state index contributed by atoms with van der Waals surface area (Å²) in [7, 11) is 0. The molecule has 2 aromatic rings. The number of fused-ring (bicyclic) bond motifs is 1. The zero-order valence-corrected chi connectivity index (χ0v) is 11.4. The van der Waals surface area contributed by atoms with Gasteiger partial charge >= 0.3 is 0 Å². The summed E-state index contributed by atoms with van der Waals surface area (Å²) in [6, 6.07) is 5.09. The summed E-state index contributed by atoms with van der Waals surface area (Å²) in [6.45, 7) is 5.63. The van der Waals surface area contributed by atoms with E-state index in [4.69, 9.17) is 16.9 Å². The number of hydrogen-bond acceptors (Lipinski definition) is 4. The Labute approximate surface area is 115 Å². The second-order valence-corrected chi connectivity index (χ2v) is 5.61. The molecular weight excluding hydrogens is 266 g/mol. The van der Waals surface area contributed by atoms with Gasteiger partial charge in [-0.15, -0.1) is 0 Å². The molecule has 0 spiro atoms. The van der Waals surface area contributed by atoms with Crippen LogP contribution in [-0.4, -0.2) is 15.6 Å². The van der Waals surface area contributed by atoms with Crippen LogP contribution in [-0.2, 0) is 5.41 Å². The van der Waals surface area contributed by atoms with E-state index >= 15 is 0 Å². The topological polar surface area (TPSA) is 81.7 Å². The maximum Gasteiger partial charge on any atom is 0.166 e. The first-order valence-electron chi connectivity index (χ1n) is 5.59. The lowest BCUT2D eigenvalue weighted by Crippen LogP contribution is -2.33. The molecule has 2 heterocycles. The van der Waals surface area contributed by atoms with Gasteiger partial charge in [0, 0.05) is 16.5 Å². The summed E-state index contributed by atoms with van der Waals surface area (Å²) in [5.74, 6) is 0. The van der Waals surface area contributed by atoms with Crippen molar-refractivity contribution in [3.05, 3.63) is 28.7 Å². The molecule has 0 N–H and O–H groups in total. The minimum Gasteiger partial charge on any atom is -0.529 e. The van der Waals surface area contributed by atoms with Crippen LogP contribution in [0.1, 0.15) is 32.2 Å². The Kier molecular flexibility index (Phi) is 2.99. The summed E-state index contributed by atoms with van der Waals surface area (Å²) in [4.78, 5) is 15.2. The normalized spacial score (nSPS) is 11.5. The fraction of sp³-hybridized carbons (Fsp3) is 0.308. The van der Waals surface area contributed by atoms with Crippen molar-refractivity contribution in [3.8, 4) is 6.07 Å². The quantitative estimate of drug-likeness (QED) is 0.690. The van der Waals surface area contributed by atoms with Gasteiger partial charge in [0.1, 0.15) is 17.3 Å². The highest BCUT2D eigenvalue weighted by molar-refractivity contribution is 6.30. The molecule has 2 rings (SSSR count). The van der Waals surface area contributed by atoms with E-state index in [-0.39, 0.29) is 16.4 Å². The van der Waals surface area contributed by atoms with Crippen molar-refractivity contribution in [3.63, 3.8) is 0 Å². The molecule has 0 amide bonds. The number of carbonyl (C=O) groups excluding carboxylic acids is 1. The molecule has 0 aliphatic carbocycles. The molecule has 19 heavy (non-hydrogen) atoms. The van der Waals surface area contributed by atoms with Crippen molar-refractivity contribution >= 4 is 28.6 Å². The number of rotatable bonds is 0. The molecule has 0 aliphatic rings. The molecule has 0 saturated carbocycles. The van der Waals surface area contributed by atoms with Crippen LogP contribution in [0.2, 0.25) is 5.15 Å². The van der Waals surface area contributed by atoms with Gasteiger partial charge in [0.25, 0.3) is 0 Å². The lowest BCUT2D eigenvalue weighted by atomic mass is 9.92. The maximum absolute atomic E-state index is 11.4. The van der Waals surface area contributed by atoms with Gasteiger partial charge in [0.2, 0.25) is 0 Å². The molecule has 0 atom stereocenters. The molecule has 0 aromatic carbocycles. The molecule has 2 aromatic heterocycles. The van der Waals surface area contributed by atoms with E-state index in [9.17, 15) is 9.90 Å². The molecule has 5 nitrogen and oxygen atoms in total. The molecule has 0 fully saturated rings. The van der Waals surface area contributed by atoms with Crippen LogP contribution in [0.15, 0.2) is 12.1 Å². The van der Waals surface area contributed by atoms with Gasteiger partial charge in [-0.2, -0.15) is 5.26 Å². The Balaban J connectivity index is 2.99. The Bertz CT molecular complexity index is 720. The molecule has 98 valence electrons. The lowest BCUT2D eigenvalue weighted by molar-refractivity contribution is -0.250. The third-order valence-corrected chi connectivity index (χ3v) is 3.00. The van der Waals surface area contributed by atoms with Crippen LogP contribution < -0.4 is 5.11 Å². The molecule has 6 heteroatoms. The van der Waals surface area contributed by atoms with E-state index in [0.717, 1.165) is 4.57 Å². The van der Waals surface area contributed by atoms with E-state index in [2.05, 4.69) is 4.98 Å². The molecule has 0 unspecified atom stereocenters. The third kappa shape index (κ3) is 2.15. The van der Waals surface area contributed by atoms with E-state index in [1.807, 2.05) is 26.8 Å². The number of carboxylic acid groups (broad SMARTS) is 1. The number of halogens is 1. The van der Waals surface area contributed by atoms with E-state index < -0.39 is 11.5 Å². The number of aromatic nitrogens is 2. The maximum atomic E-state index is 11.4. The predicted octanol–water partition coefficient (Wildman–Crippen LogP) is 2.05. The van der Waals surface area contributed by atoms with Gasteiger partial charge in [-0.3, -0.25) is 4.57 Å². The summed E-state index contributed by atoms with van der Waals surface area (Å²) in [5.41, 5.74) is 0.306. The Morgan fingerprint density at radius 3 is 2.58 bits per heavy atom. The van der Waals surface area contributed by atoms with E-state index in [1.54, 1.807) is 6.07 Å². The average molecular weight is 277 g/mol. The van der Waals surface area contributed by atoms with Crippen LogP contribution in [0.3, 0.4) is 0 Å². The van der Waals surface area contributed by atoms with Gasteiger partial charge in [0.05, 0.1) is 5.52 Å². The standard InChI is InChI=1S/C13H12ClN3O2/c1-13(2,3)9-4-7-5-10(14)16-8(6-15)11(7)17(9)12(18)19/h4-5H,1-3H3,(H,18,19)/p-1. The fourth-order valence-electron chi connectivity index (χ4n) is 2.02. The van der Waals surface area contributed by atoms with Crippen LogP contribution in [0.4, 0.5) is 4.79 Å². The second kappa shape index (κ2) is 4.25. The summed E-state index contributed by atoms with van der Waals surface area (Å²) in [6.07, 6.45) is -1.39. The molecule has 0 saturated heterocycles. The molecular formula is C13H11ClN3O2-. The highest BCUT2D eigenvalue weighted by Gasteiger charge is 2.23. The van der Waals surface area contributed by atoms with Crippen molar-refractivity contribution in [2.24, 2.45) is 0 Å². The van der Waals surface area contributed by atoms with E-state index in [0.29, 0.717) is 11.1 Å². The highest BCUT2D eigenvalue weighted by Crippen LogP contribution is 2.31. The number of carbonyl (C=O) groups is 1. The zero-order chi connectivity index (χ0) is 14.4. The van der Waals surface area contributed by atoms with Crippen LogP contribution in [0.25, 0.3) is 10.9 Å². The SMILES string of the molecule is CC(C)(C)c1cc2cc(Cl)nc(C#N)c2n1C(=O)[O-]. The third-order valence-electron chi connectivity index (χ3n) is 2.80. The van der Waals surface area contributed by atoms with Gasteiger partial charge < -0.3 is 9.90 Å². The smallest absolute Gasteiger partial charge is 0.166 e. The van der Waals surface area contributed by atoms with Crippen LogP contribution in [0, 0.1) is 11.3 Å². The van der Waals surface area contributed by atoms with Crippen molar-refractivity contribution in [2.75, 3.05) is 0 Å². The van der Waals surface area contributed by atoms with Crippen molar-refractivity contribution in [1.29, 1.82) is 5.26 Å². The van der Waals surface area contributed by atoms with Gasteiger partial charge in [-0.1, -0.05) is 32.4 Å². The highest BCUT2D eigenvalue weighted by atomic mass is 35.5. The monoisotopic (exact) mass is 276 g/mol. The van der Waals surface area contributed by atoms with Crippen LogP contribution >= 0.6 is 11.6 Å². The number of nitriles is 1. The Morgan fingerprint density at radius 1 is 1.47 bits per heavy atom. The first-order valence-corrected chi connectivity index (χ1v) is 5.97. The van der Waals surface area contributed by atoms with Crippen molar-refractivity contribution in [2.45, 2.75) is 26.2 Å². The van der Waals surface area contributed by atoms with Gasteiger partial charge in [-0.05, 0) is 12.1 Å². The summed E-state index contributed by atoms with van der Waals surface area (Å²) in [5, 5.41) is 21.2. The van der Waals surface area contributed by atoms with E-state index in [1.165, 1.54) is 6.07 Å². The summed E-state index contributed by atoms with van der Waals surface area (Å²) >= 11 is 5.82. The Hall–Kier alpha value is -2.06. The first-order chi connectivity index (χ1) is 8.75. The van der Waals surface area contributed by atoms with Crippen molar-refractivity contribution < 1.29 is 9.90 Å². The van der Waals surface area contributed by atoms with Crippen LogP contribution in [0.5, 0.6) is 0 Å². The molecule has 0 aliphatic heterocycles. The summed E-state index contributed by atoms with van der Waals surface area (Å²) < 4.78 is 0.997. The number of nitrogens with zero attached hydrogens (tertiary/aromatic N) is 3. The fourth-order valence-corrected chi connectivity index (χ4v) is 2.22.